The molecule has 2 aromatic rings. The first-order valence-corrected chi connectivity index (χ1v) is 12.0. The van der Waals surface area contributed by atoms with Crippen LogP contribution in [0.3, 0.4) is 0 Å². The molecular weight excluding hydrogens is 488 g/mol. The summed E-state index contributed by atoms with van der Waals surface area (Å²) in [6.45, 7) is 8.82. The number of imidazole rings is 1. The lowest BCUT2D eigenvalue weighted by atomic mass is 10.1. The minimum Gasteiger partial charge on any atom is -0.465 e. The number of nitrogen functional groups attached to an aromatic ring is 1. The third kappa shape index (κ3) is 6.90. The van der Waals surface area contributed by atoms with Crippen LogP contribution in [-0.4, -0.2) is 88.3 Å². The number of anilines is 1. The standard InChI is InChI=1S/C23H34N6O8/c1-6-33-21(31)15(5)25-8-23(17(30)18(23)35-12-36-22(32)37-13(2)3)9-34-14(4)7-29-11-28-16-19(24)26-10-27-20(16)29/h10-11,13-15,18,25H,6-9,12H2,1-5H3,(H2,24,26,27). The molecule has 1 aliphatic rings. The van der Waals surface area contributed by atoms with Crippen LogP contribution in [0.2, 0.25) is 0 Å². The van der Waals surface area contributed by atoms with Crippen LogP contribution < -0.4 is 11.1 Å². The summed E-state index contributed by atoms with van der Waals surface area (Å²) in [4.78, 5) is 48.9. The predicted octanol–water partition coefficient (Wildman–Crippen LogP) is 0.828. The predicted molar refractivity (Wildman–Crippen MR) is 129 cm³/mol. The highest BCUT2D eigenvalue weighted by molar-refractivity contribution is 6.07. The number of hydrogen-bond donors (Lipinski definition) is 2. The van der Waals surface area contributed by atoms with E-state index in [2.05, 4.69) is 20.3 Å². The lowest BCUT2D eigenvalue weighted by molar-refractivity contribution is -0.145. The van der Waals surface area contributed by atoms with Crippen molar-refractivity contribution in [1.29, 1.82) is 0 Å². The van der Waals surface area contributed by atoms with Crippen LogP contribution in [-0.2, 0) is 39.8 Å². The molecule has 0 bridgehead atoms. The number of nitrogens with two attached hydrogens (primary N) is 1. The first-order chi connectivity index (χ1) is 17.6. The lowest BCUT2D eigenvalue weighted by Gasteiger charge is -2.22. The summed E-state index contributed by atoms with van der Waals surface area (Å²) in [7, 11) is 0. The van der Waals surface area contributed by atoms with Crippen molar-refractivity contribution in [3.05, 3.63) is 12.7 Å². The molecule has 14 heteroatoms. The van der Waals surface area contributed by atoms with E-state index in [0.29, 0.717) is 17.7 Å². The van der Waals surface area contributed by atoms with E-state index in [9.17, 15) is 14.4 Å². The number of fused-ring (bicyclic) bond motifs is 1. The number of Topliss-reactive ketones (excluding diaryl/α,β-unsaturated/α-hetero) is 1. The number of nitrogens with zero attached hydrogens (tertiary/aromatic N) is 4. The van der Waals surface area contributed by atoms with E-state index in [1.165, 1.54) is 6.33 Å². The van der Waals surface area contributed by atoms with Crippen molar-refractivity contribution >= 4 is 34.9 Å². The number of carbonyl (C=O) groups is 3. The number of hydrogen-bond acceptors (Lipinski definition) is 13. The van der Waals surface area contributed by atoms with E-state index in [1.54, 1.807) is 38.6 Å². The monoisotopic (exact) mass is 522 g/mol. The van der Waals surface area contributed by atoms with Crippen molar-refractivity contribution in [2.24, 2.45) is 5.41 Å². The molecular formula is C23H34N6O8. The van der Waals surface area contributed by atoms with Gasteiger partial charge in [-0.05, 0) is 34.6 Å². The summed E-state index contributed by atoms with van der Waals surface area (Å²) in [6, 6.07) is -0.650. The molecule has 0 radical (unpaired) electrons. The Labute approximate surface area is 214 Å². The molecule has 0 spiro atoms. The van der Waals surface area contributed by atoms with Crippen LogP contribution in [0.5, 0.6) is 0 Å². The van der Waals surface area contributed by atoms with Gasteiger partial charge in [-0.25, -0.2) is 19.7 Å². The largest absolute Gasteiger partial charge is 0.510 e. The second-order valence-corrected chi connectivity index (χ2v) is 9.05. The van der Waals surface area contributed by atoms with Crippen molar-refractivity contribution < 1.29 is 38.1 Å². The molecule has 0 amide bonds. The highest BCUT2D eigenvalue weighted by Crippen LogP contribution is 2.44. The second kappa shape index (κ2) is 12.3. The number of esters is 1. The molecule has 4 atom stereocenters. The average molecular weight is 523 g/mol. The maximum absolute atomic E-state index is 12.9. The maximum atomic E-state index is 12.9. The molecule has 3 rings (SSSR count). The summed E-state index contributed by atoms with van der Waals surface area (Å²) in [5.41, 5.74) is 5.82. The van der Waals surface area contributed by atoms with Gasteiger partial charge in [0.05, 0.1) is 38.3 Å². The van der Waals surface area contributed by atoms with E-state index in [-0.39, 0.29) is 43.6 Å². The lowest BCUT2D eigenvalue weighted by Crippen LogP contribution is -2.42. The zero-order valence-electron chi connectivity index (χ0n) is 21.6. The van der Waals surface area contributed by atoms with Crippen LogP contribution >= 0.6 is 0 Å². The molecule has 0 aromatic carbocycles. The molecule has 3 N–H and O–H groups in total. The number of nitrogens with one attached hydrogen (secondary N) is 1. The van der Waals surface area contributed by atoms with Crippen LogP contribution in [0.1, 0.15) is 34.6 Å². The van der Waals surface area contributed by atoms with Gasteiger partial charge in [-0.2, -0.15) is 0 Å². The summed E-state index contributed by atoms with van der Waals surface area (Å²) in [6.07, 6.45) is 0.457. The molecule has 14 nitrogen and oxygen atoms in total. The highest BCUT2D eigenvalue weighted by Gasteiger charge is 2.66. The Morgan fingerprint density at radius 1 is 1.19 bits per heavy atom. The maximum Gasteiger partial charge on any atom is 0.510 e. The quantitative estimate of drug-likeness (QED) is 0.263. The molecule has 2 heterocycles. The first-order valence-electron chi connectivity index (χ1n) is 12.0. The first kappa shape index (κ1) is 28.2. The molecule has 1 saturated carbocycles. The molecule has 0 saturated heterocycles. The molecule has 2 aromatic heterocycles. The SMILES string of the molecule is CCOC(=O)C(C)NCC1(COC(C)Cn2cnc3c(N)ncnc32)C(=O)C1OCOC(=O)OC(C)C. The molecule has 204 valence electrons. The zero-order chi connectivity index (χ0) is 27.2. The van der Waals surface area contributed by atoms with Gasteiger partial charge in [-0.1, -0.05) is 0 Å². The van der Waals surface area contributed by atoms with Crippen LogP contribution in [0.4, 0.5) is 10.6 Å². The summed E-state index contributed by atoms with van der Waals surface area (Å²) in [5, 5.41) is 3.02. The van der Waals surface area contributed by atoms with Crippen LogP contribution in [0, 0.1) is 5.41 Å². The van der Waals surface area contributed by atoms with Gasteiger partial charge < -0.3 is 39.3 Å². The second-order valence-electron chi connectivity index (χ2n) is 9.05. The Kier molecular flexibility index (Phi) is 9.34. The Morgan fingerprint density at radius 3 is 2.65 bits per heavy atom. The fraction of sp³-hybridized carbons (Fsp3) is 0.652. The van der Waals surface area contributed by atoms with E-state index in [4.69, 9.17) is 29.4 Å². The van der Waals surface area contributed by atoms with Gasteiger partial charge in [-0.15, -0.1) is 0 Å². The fourth-order valence-corrected chi connectivity index (χ4v) is 3.68. The molecule has 1 aliphatic carbocycles. The van der Waals surface area contributed by atoms with Crippen molar-refractivity contribution in [3.63, 3.8) is 0 Å². The smallest absolute Gasteiger partial charge is 0.465 e. The van der Waals surface area contributed by atoms with Gasteiger partial charge >= 0.3 is 12.1 Å². The van der Waals surface area contributed by atoms with E-state index in [1.807, 2.05) is 6.92 Å². The van der Waals surface area contributed by atoms with E-state index >= 15 is 0 Å². The van der Waals surface area contributed by atoms with Crippen molar-refractivity contribution in [3.8, 4) is 0 Å². The Morgan fingerprint density at radius 2 is 1.95 bits per heavy atom. The van der Waals surface area contributed by atoms with Gasteiger partial charge in [0, 0.05) is 6.54 Å². The summed E-state index contributed by atoms with van der Waals surface area (Å²) in [5.74, 6) is -0.399. The van der Waals surface area contributed by atoms with Gasteiger partial charge in [0.25, 0.3) is 0 Å². The minimum atomic E-state index is -1.08. The number of ketones is 1. The number of rotatable bonds is 14. The molecule has 1 fully saturated rings. The average Bonchev–Trinajstić information content (AvgIpc) is 3.16. The molecule has 37 heavy (non-hydrogen) atoms. The van der Waals surface area contributed by atoms with Crippen molar-refractivity contribution in [2.45, 2.75) is 65.5 Å². The van der Waals surface area contributed by atoms with Gasteiger partial charge in [-0.3, -0.25) is 9.59 Å². The highest BCUT2D eigenvalue weighted by atomic mass is 16.8. The Balaban J connectivity index is 1.62. The van der Waals surface area contributed by atoms with Gasteiger partial charge in [0.2, 0.25) is 0 Å². The Hall–Kier alpha value is -3.36. The summed E-state index contributed by atoms with van der Waals surface area (Å²) >= 11 is 0. The molecule has 0 aliphatic heterocycles. The van der Waals surface area contributed by atoms with Gasteiger partial charge in [0.1, 0.15) is 29.4 Å². The van der Waals surface area contributed by atoms with Crippen LogP contribution in [0.25, 0.3) is 11.2 Å². The third-order valence-electron chi connectivity index (χ3n) is 5.76. The minimum absolute atomic E-state index is 0.000402. The van der Waals surface area contributed by atoms with Crippen LogP contribution in [0.15, 0.2) is 12.7 Å². The molecule has 4 unspecified atom stereocenters. The summed E-state index contributed by atoms with van der Waals surface area (Å²) < 4.78 is 28.1. The number of ether oxygens (including phenoxy) is 5. The van der Waals surface area contributed by atoms with E-state index in [0.717, 1.165) is 0 Å². The van der Waals surface area contributed by atoms with Crippen molar-refractivity contribution in [2.75, 3.05) is 32.3 Å². The topological polar surface area (TPSA) is 179 Å². The fourth-order valence-electron chi connectivity index (χ4n) is 3.68. The normalized spacial score (nSPS) is 20.6. The van der Waals surface area contributed by atoms with E-state index < -0.39 is 36.5 Å². The third-order valence-corrected chi connectivity index (χ3v) is 5.76. The van der Waals surface area contributed by atoms with Gasteiger partial charge in [0.15, 0.2) is 24.0 Å². The Bertz CT molecular complexity index is 1110. The van der Waals surface area contributed by atoms with Crippen molar-refractivity contribution in [1.82, 2.24) is 24.8 Å². The number of aromatic nitrogens is 4. The zero-order valence-corrected chi connectivity index (χ0v) is 21.6. The number of carbonyl (C=O) groups excluding carboxylic acids is 3.